The van der Waals surface area contributed by atoms with Crippen LogP contribution in [0.5, 0.6) is 0 Å². The van der Waals surface area contributed by atoms with Gasteiger partial charge in [0.2, 0.25) is 0 Å². The fraction of sp³-hybridized carbons (Fsp3) is 0.900. The van der Waals surface area contributed by atoms with Crippen molar-refractivity contribution in [3.8, 4) is 0 Å². The van der Waals surface area contributed by atoms with Crippen LogP contribution in [0.25, 0.3) is 0 Å². The van der Waals surface area contributed by atoms with Crippen molar-refractivity contribution < 1.29 is 19.4 Å². The van der Waals surface area contributed by atoms with Crippen molar-refractivity contribution in [2.45, 2.75) is 44.8 Å². The smallest absolute Gasteiger partial charge is 0.334 e. The summed E-state index contributed by atoms with van der Waals surface area (Å²) in [6.07, 6.45) is 2.53. The first kappa shape index (κ1) is 11.5. The predicted octanol–water partition coefficient (Wildman–Crippen LogP) is 0.870. The van der Waals surface area contributed by atoms with Gasteiger partial charge in [0.1, 0.15) is 0 Å². The first-order valence-electron chi connectivity index (χ1n) is 5.20. The zero-order valence-electron chi connectivity index (χ0n) is 8.57. The molecule has 0 aromatic carbocycles. The van der Waals surface area contributed by atoms with E-state index in [0.29, 0.717) is 13.0 Å². The summed E-state index contributed by atoms with van der Waals surface area (Å²) < 4.78 is 10.1. The highest BCUT2D eigenvalue weighted by atomic mass is 16.5. The van der Waals surface area contributed by atoms with Gasteiger partial charge in [0.05, 0.1) is 12.7 Å². The quantitative estimate of drug-likeness (QED) is 0.672. The molecule has 0 bridgehead atoms. The topological polar surface area (TPSA) is 55.8 Å². The molecular weight excluding hydrogens is 184 g/mol. The zero-order valence-corrected chi connectivity index (χ0v) is 8.57. The summed E-state index contributed by atoms with van der Waals surface area (Å²) in [5.74, 6) is -0.523. The average molecular weight is 202 g/mol. The fourth-order valence-corrected chi connectivity index (χ4v) is 1.57. The summed E-state index contributed by atoms with van der Waals surface area (Å²) in [5.41, 5.74) is 0. The highest BCUT2D eigenvalue weighted by Crippen LogP contribution is 2.17. The Morgan fingerprint density at radius 2 is 2.50 bits per heavy atom. The van der Waals surface area contributed by atoms with E-state index >= 15 is 0 Å². The van der Waals surface area contributed by atoms with Crippen molar-refractivity contribution in [2.75, 3.05) is 13.2 Å². The lowest BCUT2D eigenvalue weighted by Crippen LogP contribution is -2.24. The maximum Gasteiger partial charge on any atom is 0.334 e. The van der Waals surface area contributed by atoms with Gasteiger partial charge in [0.15, 0.2) is 6.10 Å². The van der Waals surface area contributed by atoms with Crippen LogP contribution in [0.15, 0.2) is 0 Å². The second kappa shape index (κ2) is 5.98. The summed E-state index contributed by atoms with van der Waals surface area (Å²) in [4.78, 5) is 11.0. The Balaban J connectivity index is 2.13. The highest BCUT2D eigenvalue weighted by molar-refractivity contribution is 5.74. The summed E-state index contributed by atoms with van der Waals surface area (Å²) >= 11 is 0. The van der Waals surface area contributed by atoms with Gasteiger partial charge >= 0.3 is 5.97 Å². The van der Waals surface area contributed by atoms with Crippen LogP contribution >= 0.6 is 0 Å². The van der Waals surface area contributed by atoms with Crippen molar-refractivity contribution in [2.24, 2.45) is 0 Å². The Hall–Kier alpha value is -0.610. The number of ether oxygens (including phenoxy) is 2. The lowest BCUT2D eigenvalue weighted by molar-refractivity contribution is -0.153. The Morgan fingerprint density at radius 3 is 3.07 bits per heavy atom. The first-order valence-corrected chi connectivity index (χ1v) is 5.20. The lowest BCUT2D eigenvalue weighted by Gasteiger charge is -2.12. The van der Waals surface area contributed by atoms with Gasteiger partial charge in [0.25, 0.3) is 0 Å². The van der Waals surface area contributed by atoms with E-state index in [1.54, 1.807) is 6.92 Å². The molecule has 1 aliphatic rings. The maximum absolute atomic E-state index is 11.0. The molecule has 82 valence electrons. The van der Waals surface area contributed by atoms with Gasteiger partial charge in [0, 0.05) is 6.61 Å². The molecule has 1 aliphatic heterocycles. The van der Waals surface area contributed by atoms with Gasteiger partial charge in [-0.15, -0.1) is 0 Å². The standard InChI is InChI=1S/C10H18O4/c1-2-13-10(12)9(11)6-5-8-4-3-7-14-8/h8-9,11H,2-7H2,1H3. The summed E-state index contributed by atoms with van der Waals surface area (Å²) in [7, 11) is 0. The molecule has 0 aromatic rings. The number of esters is 1. The van der Waals surface area contributed by atoms with E-state index in [2.05, 4.69) is 4.74 Å². The molecule has 2 unspecified atom stereocenters. The van der Waals surface area contributed by atoms with Crippen molar-refractivity contribution in [3.05, 3.63) is 0 Å². The number of aliphatic hydroxyl groups excluding tert-OH is 1. The minimum absolute atomic E-state index is 0.221. The molecule has 4 heteroatoms. The van der Waals surface area contributed by atoms with E-state index in [1.807, 2.05) is 0 Å². The summed E-state index contributed by atoms with van der Waals surface area (Å²) in [6.45, 7) is 2.85. The summed E-state index contributed by atoms with van der Waals surface area (Å²) in [6, 6.07) is 0. The molecule has 1 rings (SSSR count). The SMILES string of the molecule is CCOC(=O)C(O)CCC1CCCO1. The molecule has 1 saturated heterocycles. The van der Waals surface area contributed by atoms with E-state index in [0.717, 1.165) is 25.9 Å². The van der Waals surface area contributed by atoms with Gasteiger partial charge in [-0.05, 0) is 32.6 Å². The number of carbonyl (C=O) groups is 1. The first-order chi connectivity index (χ1) is 6.74. The minimum atomic E-state index is -0.987. The van der Waals surface area contributed by atoms with Crippen LogP contribution < -0.4 is 0 Å². The predicted molar refractivity (Wildman–Crippen MR) is 50.8 cm³/mol. The maximum atomic E-state index is 11.0. The molecule has 1 fully saturated rings. The molecule has 2 atom stereocenters. The normalized spacial score (nSPS) is 23.4. The van der Waals surface area contributed by atoms with Crippen LogP contribution in [0.3, 0.4) is 0 Å². The Kier molecular flexibility index (Phi) is 4.90. The second-order valence-corrected chi connectivity index (χ2v) is 3.48. The molecule has 14 heavy (non-hydrogen) atoms. The van der Waals surface area contributed by atoms with Crippen molar-refractivity contribution >= 4 is 5.97 Å². The lowest BCUT2D eigenvalue weighted by atomic mass is 10.1. The monoisotopic (exact) mass is 202 g/mol. The van der Waals surface area contributed by atoms with Crippen LogP contribution in [-0.2, 0) is 14.3 Å². The Bertz CT molecular complexity index is 175. The fourth-order valence-electron chi connectivity index (χ4n) is 1.57. The van der Waals surface area contributed by atoms with Crippen LogP contribution in [0.1, 0.15) is 32.6 Å². The molecule has 1 N–H and O–H groups in total. The van der Waals surface area contributed by atoms with Crippen LogP contribution in [0, 0.1) is 0 Å². The number of aliphatic hydroxyl groups is 1. The van der Waals surface area contributed by atoms with Crippen molar-refractivity contribution in [3.63, 3.8) is 0 Å². The molecule has 0 aromatic heterocycles. The van der Waals surface area contributed by atoms with Gasteiger partial charge in [-0.25, -0.2) is 4.79 Å². The van der Waals surface area contributed by atoms with Crippen LogP contribution in [0.2, 0.25) is 0 Å². The third-order valence-electron chi connectivity index (χ3n) is 2.34. The molecular formula is C10H18O4. The van der Waals surface area contributed by atoms with E-state index in [4.69, 9.17) is 4.74 Å². The van der Waals surface area contributed by atoms with Crippen molar-refractivity contribution in [1.29, 1.82) is 0 Å². The van der Waals surface area contributed by atoms with E-state index in [-0.39, 0.29) is 6.10 Å². The number of rotatable bonds is 5. The Labute approximate surface area is 84.2 Å². The van der Waals surface area contributed by atoms with E-state index in [9.17, 15) is 9.90 Å². The number of hydrogen-bond acceptors (Lipinski definition) is 4. The van der Waals surface area contributed by atoms with Crippen molar-refractivity contribution in [1.82, 2.24) is 0 Å². The van der Waals surface area contributed by atoms with Gasteiger partial charge < -0.3 is 14.6 Å². The third-order valence-corrected chi connectivity index (χ3v) is 2.34. The van der Waals surface area contributed by atoms with Crippen LogP contribution in [-0.4, -0.2) is 36.5 Å². The second-order valence-electron chi connectivity index (χ2n) is 3.48. The number of carbonyl (C=O) groups excluding carboxylic acids is 1. The van der Waals surface area contributed by atoms with Gasteiger partial charge in [-0.3, -0.25) is 0 Å². The molecule has 0 saturated carbocycles. The zero-order chi connectivity index (χ0) is 10.4. The third kappa shape index (κ3) is 3.64. The average Bonchev–Trinajstić information content (AvgIpc) is 2.67. The van der Waals surface area contributed by atoms with Gasteiger partial charge in [-0.1, -0.05) is 0 Å². The largest absolute Gasteiger partial charge is 0.464 e. The minimum Gasteiger partial charge on any atom is -0.464 e. The molecule has 0 amide bonds. The molecule has 1 heterocycles. The van der Waals surface area contributed by atoms with E-state index in [1.165, 1.54) is 0 Å². The van der Waals surface area contributed by atoms with E-state index < -0.39 is 12.1 Å². The number of hydrogen-bond donors (Lipinski definition) is 1. The Morgan fingerprint density at radius 1 is 1.71 bits per heavy atom. The molecule has 0 aliphatic carbocycles. The molecule has 0 radical (unpaired) electrons. The van der Waals surface area contributed by atoms with Gasteiger partial charge in [-0.2, -0.15) is 0 Å². The van der Waals surface area contributed by atoms with Crippen LogP contribution in [0.4, 0.5) is 0 Å². The molecule has 0 spiro atoms. The molecule has 4 nitrogen and oxygen atoms in total. The highest BCUT2D eigenvalue weighted by Gasteiger charge is 2.21. The summed E-state index contributed by atoms with van der Waals surface area (Å²) in [5, 5.41) is 9.38.